The molecule has 0 aliphatic heterocycles. The van der Waals surface area contributed by atoms with Crippen LogP contribution in [-0.2, 0) is 6.42 Å². The van der Waals surface area contributed by atoms with Crippen molar-refractivity contribution < 1.29 is 9.90 Å². The lowest BCUT2D eigenvalue weighted by atomic mass is 10.1. The maximum absolute atomic E-state index is 12.3. The molecule has 120 valence electrons. The summed E-state index contributed by atoms with van der Waals surface area (Å²) in [6.07, 6.45) is 1.77. The van der Waals surface area contributed by atoms with E-state index in [-0.39, 0.29) is 18.7 Å². The van der Waals surface area contributed by atoms with Gasteiger partial charge in [-0.3, -0.25) is 0 Å². The number of fused-ring (bicyclic) bond motifs is 1. The molecule has 0 radical (unpaired) electrons. The Kier molecular flexibility index (Phi) is 4.84. The Morgan fingerprint density at radius 3 is 2.78 bits per heavy atom. The number of aryl methyl sites for hydroxylation is 1. The van der Waals surface area contributed by atoms with Crippen LogP contribution in [0.15, 0.2) is 48.5 Å². The predicted molar refractivity (Wildman–Crippen MR) is 90.5 cm³/mol. The molecule has 0 saturated carbocycles. The molecule has 0 bridgehead atoms. The number of hydrogen-bond donors (Lipinski definition) is 3. The summed E-state index contributed by atoms with van der Waals surface area (Å²) in [6, 6.07) is 14.5. The van der Waals surface area contributed by atoms with Crippen molar-refractivity contribution in [3.63, 3.8) is 0 Å². The van der Waals surface area contributed by atoms with Crippen LogP contribution in [0.5, 0.6) is 0 Å². The van der Waals surface area contributed by atoms with Crippen LogP contribution >= 0.6 is 11.6 Å². The van der Waals surface area contributed by atoms with Crippen molar-refractivity contribution in [3.05, 3.63) is 70.2 Å². The second kappa shape index (κ2) is 7.02. The van der Waals surface area contributed by atoms with Crippen molar-refractivity contribution in [3.8, 4) is 0 Å². The van der Waals surface area contributed by atoms with E-state index < -0.39 is 6.04 Å². The van der Waals surface area contributed by atoms with Gasteiger partial charge in [-0.15, -0.1) is 0 Å². The Morgan fingerprint density at radius 1 is 1.26 bits per heavy atom. The van der Waals surface area contributed by atoms with Gasteiger partial charge in [-0.05, 0) is 41.7 Å². The normalized spacial score (nSPS) is 17.4. The molecule has 2 unspecified atom stereocenters. The van der Waals surface area contributed by atoms with Crippen LogP contribution in [0.25, 0.3) is 0 Å². The number of benzene rings is 2. The summed E-state index contributed by atoms with van der Waals surface area (Å²) in [4.78, 5) is 12.3. The standard InChI is InChI=1S/C18H19ClN2O2/c19-14-7-8-15-13(10-14)6-9-16(15)20-18(23)21-17(11-22)12-4-2-1-3-5-12/h1-5,7-8,10,16-17,22H,6,9,11H2,(H2,20,21,23). The van der Waals surface area contributed by atoms with Gasteiger partial charge in [0.05, 0.1) is 18.7 Å². The molecule has 4 nitrogen and oxygen atoms in total. The minimum absolute atomic E-state index is 0.0163. The first-order valence-corrected chi connectivity index (χ1v) is 8.06. The molecule has 0 fully saturated rings. The fourth-order valence-electron chi connectivity index (χ4n) is 3.01. The minimum atomic E-state index is -0.415. The smallest absolute Gasteiger partial charge is 0.315 e. The molecule has 5 heteroatoms. The number of aliphatic hydroxyl groups excluding tert-OH is 1. The summed E-state index contributed by atoms with van der Waals surface area (Å²) in [6.45, 7) is -0.145. The lowest BCUT2D eigenvalue weighted by molar-refractivity contribution is 0.214. The largest absolute Gasteiger partial charge is 0.394 e. The number of aliphatic hydroxyl groups is 1. The zero-order valence-corrected chi connectivity index (χ0v) is 13.4. The van der Waals surface area contributed by atoms with Gasteiger partial charge < -0.3 is 15.7 Å². The van der Waals surface area contributed by atoms with Crippen LogP contribution in [-0.4, -0.2) is 17.7 Å². The van der Waals surface area contributed by atoms with Crippen LogP contribution in [0, 0.1) is 0 Å². The predicted octanol–water partition coefficient (Wildman–Crippen LogP) is 3.36. The molecule has 0 heterocycles. The van der Waals surface area contributed by atoms with Gasteiger partial charge in [-0.1, -0.05) is 48.0 Å². The maximum atomic E-state index is 12.3. The molecule has 0 aromatic heterocycles. The van der Waals surface area contributed by atoms with E-state index >= 15 is 0 Å². The zero-order valence-electron chi connectivity index (χ0n) is 12.6. The molecule has 2 amide bonds. The zero-order chi connectivity index (χ0) is 16.2. The summed E-state index contributed by atoms with van der Waals surface area (Å²) >= 11 is 6.00. The van der Waals surface area contributed by atoms with Crippen molar-refractivity contribution in [2.75, 3.05) is 6.61 Å². The van der Waals surface area contributed by atoms with Gasteiger partial charge in [0.15, 0.2) is 0 Å². The monoisotopic (exact) mass is 330 g/mol. The molecule has 3 N–H and O–H groups in total. The van der Waals surface area contributed by atoms with Crippen LogP contribution in [0.1, 0.15) is 35.2 Å². The number of rotatable bonds is 4. The van der Waals surface area contributed by atoms with Crippen molar-refractivity contribution in [2.45, 2.75) is 24.9 Å². The van der Waals surface area contributed by atoms with E-state index in [1.54, 1.807) is 0 Å². The fourth-order valence-corrected chi connectivity index (χ4v) is 3.21. The molecular weight excluding hydrogens is 312 g/mol. The van der Waals surface area contributed by atoms with E-state index in [0.717, 1.165) is 29.0 Å². The third-order valence-corrected chi connectivity index (χ3v) is 4.41. The Balaban J connectivity index is 1.64. The molecule has 0 saturated heterocycles. The summed E-state index contributed by atoms with van der Waals surface area (Å²) in [5.74, 6) is 0. The van der Waals surface area contributed by atoms with Crippen LogP contribution < -0.4 is 10.6 Å². The first-order valence-electron chi connectivity index (χ1n) is 7.68. The molecule has 3 rings (SSSR count). The number of halogens is 1. The number of urea groups is 1. The molecule has 2 atom stereocenters. The fraction of sp³-hybridized carbons (Fsp3) is 0.278. The topological polar surface area (TPSA) is 61.4 Å². The molecule has 23 heavy (non-hydrogen) atoms. The van der Waals surface area contributed by atoms with Crippen LogP contribution in [0.3, 0.4) is 0 Å². The third kappa shape index (κ3) is 3.66. The Labute approximate surface area is 140 Å². The Morgan fingerprint density at radius 2 is 2.04 bits per heavy atom. The number of hydrogen-bond acceptors (Lipinski definition) is 2. The van der Waals surface area contributed by atoms with Gasteiger partial charge in [-0.25, -0.2) is 4.79 Å². The minimum Gasteiger partial charge on any atom is -0.394 e. The highest BCUT2D eigenvalue weighted by Gasteiger charge is 2.25. The summed E-state index contributed by atoms with van der Waals surface area (Å²) in [5.41, 5.74) is 3.18. The first-order chi connectivity index (χ1) is 11.2. The maximum Gasteiger partial charge on any atom is 0.315 e. The van der Waals surface area contributed by atoms with Crippen LogP contribution in [0.4, 0.5) is 4.79 Å². The van der Waals surface area contributed by atoms with Crippen molar-refractivity contribution in [2.24, 2.45) is 0 Å². The highest BCUT2D eigenvalue weighted by Crippen LogP contribution is 2.32. The summed E-state index contributed by atoms with van der Waals surface area (Å²) in [7, 11) is 0. The number of carbonyl (C=O) groups excluding carboxylic acids is 1. The average molecular weight is 331 g/mol. The van der Waals surface area contributed by atoms with E-state index in [4.69, 9.17) is 11.6 Å². The van der Waals surface area contributed by atoms with Crippen molar-refractivity contribution in [1.82, 2.24) is 10.6 Å². The third-order valence-electron chi connectivity index (χ3n) is 4.18. The second-order valence-corrected chi connectivity index (χ2v) is 6.13. The summed E-state index contributed by atoms with van der Waals surface area (Å²) < 4.78 is 0. The molecule has 0 spiro atoms. The van der Waals surface area contributed by atoms with E-state index in [1.165, 1.54) is 5.56 Å². The van der Waals surface area contributed by atoms with Gasteiger partial charge in [0.2, 0.25) is 0 Å². The molecular formula is C18H19ClN2O2. The number of nitrogens with one attached hydrogen (secondary N) is 2. The number of carbonyl (C=O) groups is 1. The first kappa shape index (κ1) is 15.8. The van der Waals surface area contributed by atoms with Crippen molar-refractivity contribution in [1.29, 1.82) is 0 Å². The summed E-state index contributed by atoms with van der Waals surface area (Å²) in [5, 5.41) is 16.1. The molecule has 2 aromatic rings. The highest BCUT2D eigenvalue weighted by molar-refractivity contribution is 6.30. The lowest BCUT2D eigenvalue weighted by Gasteiger charge is -2.20. The quantitative estimate of drug-likeness (QED) is 0.805. The average Bonchev–Trinajstić information content (AvgIpc) is 2.95. The molecule has 2 aromatic carbocycles. The molecule has 1 aliphatic carbocycles. The van der Waals surface area contributed by atoms with E-state index in [9.17, 15) is 9.90 Å². The SMILES string of the molecule is O=C(NC(CO)c1ccccc1)NC1CCc2cc(Cl)ccc21. The Hall–Kier alpha value is -2.04. The van der Waals surface area contributed by atoms with Gasteiger partial charge in [0.1, 0.15) is 0 Å². The van der Waals surface area contributed by atoms with E-state index in [0.29, 0.717) is 0 Å². The second-order valence-electron chi connectivity index (χ2n) is 5.70. The Bertz CT molecular complexity index is 691. The van der Waals surface area contributed by atoms with Gasteiger partial charge in [-0.2, -0.15) is 0 Å². The van der Waals surface area contributed by atoms with E-state index in [2.05, 4.69) is 10.6 Å². The van der Waals surface area contributed by atoms with Gasteiger partial charge in [0.25, 0.3) is 0 Å². The van der Waals surface area contributed by atoms with Crippen LogP contribution in [0.2, 0.25) is 5.02 Å². The van der Waals surface area contributed by atoms with Gasteiger partial charge in [0, 0.05) is 5.02 Å². The number of amides is 2. The molecule has 1 aliphatic rings. The van der Waals surface area contributed by atoms with Gasteiger partial charge >= 0.3 is 6.03 Å². The van der Waals surface area contributed by atoms with Crippen molar-refractivity contribution >= 4 is 17.6 Å². The highest BCUT2D eigenvalue weighted by atomic mass is 35.5. The van der Waals surface area contributed by atoms with E-state index in [1.807, 2.05) is 48.5 Å². The lowest BCUT2D eigenvalue weighted by Crippen LogP contribution is -2.40.